The molecule has 0 spiro atoms. The van der Waals surface area contributed by atoms with Crippen molar-refractivity contribution in [3.63, 3.8) is 0 Å². The van der Waals surface area contributed by atoms with Crippen LogP contribution in [0.3, 0.4) is 0 Å². The van der Waals surface area contributed by atoms with E-state index in [1.165, 1.54) is 0 Å². The van der Waals surface area contributed by atoms with Crippen LogP contribution < -0.4 is 9.47 Å². The molecule has 5 heteroatoms. The summed E-state index contributed by atoms with van der Waals surface area (Å²) in [7, 11) is 0. The van der Waals surface area contributed by atoms with Gasteiger partial charge in [0.05, 0.1) is 12.2 Å². The van der Waals surface area contributed by atoms with Crippen LogP contribution in [0.15, 0.2) is 42.5 Å². The van der Waals surface area contributed by atoms with E-state index in [9.17, 15) is 10.2 Å². The zero-order valence-corrected chi connectivity index (χ0v) is 15.0. The summed E-state index contributed by atoms with van der Waals surface area (Å²) in [5.74, 6) is 1.35. The summed E-state index contributed by atoms with van der Waals surface area (Å²) >= 11 is 6.20. The summed E-state index contributed by atoms with van der Waals surface area (Å²) in [6.07, 6.45) is -1.16. The van der Waals surface area contributed by atoms with Gasteiger partial charge in [-0.2, -0.15) is 0 Å². The second-order valence-electron chi connectivity index (χ2n) is 6.21. The molecule has 25 heavy (non-hydrogen) atoms. The lowest BCUT2D eigenvalue weighted by Gasteiger charge is -2.19. The summed E-state index contributed by atoms with van der Waals surface area (Å²) < 4.78 is 11.8. The lowest BCUT2D eigenvalue weighted by molar-refractivity contribution is 0.123. The van der Waals surface area contributed by atoms with Crippen molar-refractivity contribution in [3.8, 4) is 11.5 Å². The van der Waals surface area contributed by atoms with Gasteiger partial charge in [-0.25, -0.2) is 0 Å². The third-order valence-electron chi connectivity index (χ3n) is 3.82. The van der Waals surface area contributed by atoms with Crippen LogP contribution in [0.2, 0.25) is 5.02 Å². The Balaban J connectivity index is 2.28. The molecule has 3 aromatic rings. The molecule has 0 aliphatic carbocycles. The second kappa shape index (κ2) is 7.48. The lowest BCUT2D eigenvalue weighted by Crippen LogP contribution is -2.14. The molecular weight excluding hydrogens is 340 g/mol. The number of benzene rings is 3. The van der Waals surface area contributed by atoms with Gasteiger partial charge in [0.25, 0.3) is 0 Å². The van der Waals surface area contributed by atoms with E-state index in [1.807, 2.05) is 36.4 Å². The lowest BCUT2D eigenvalue weighted by atomic mass is 10.0. The summed E-state index contributed by atoms with van der Waals surface area (Å²) in [5.41, 5.74) is 0. The van der Waals surface area contributed by atoms with Crippen molar-refractivity contribution in [1.82, 2.24) is 0 Å². The van der Waals surface area contributed by atoms with Crippen LogP contribution in [0.4, 0.5) is 0 Å². The largest absolute Gasteiger partial charge is 0.490 e. The van der Waals surface area contributed by atoms with Gasteiger partial charge in [-0.3, -0.25) is 0 Å². The van der Waals surface area contributed by atoms with Crippen molar-refractivity contribution in [2.24, 2.45) is 0 Å². The van der Waals surface area contributed by atoms with Crippen LogP contribution in [0, 0.1) is 0 Å². The van der Waals surface area contributed by atoms with E-state index >= 15 is 0 Å². The van der Waals surface area contributed by atoms with Gasteiger partial charge in [0, 0.05) is 26.6 Å². The van der Waals surface area contributed by atoms with Gasteiger partial charge in [0.15, 0.2) is 0 Å². The van der Waals surface area contributed by atoms with Gasteiger partial charge < -0.3 is 19.7 Å². The first-order chi connectivity index (χ1) is 12.0. The highest BCUT2D eigenvalue weighted by molar-refractivity contribution is 6.31. The normalized spacial score (nSPS) is 13.8. The third-order valence-corrected chi connectivity index (χ3v) is 4.06. The zero-order chi connectivity index (χ0) is 18.0. The summed E-state index contributed by atoms with van der Waals surface area (Å²) in [5, 5.41) is 23.2. The molecule has 2 unspecified atom stereocenters. The number of fused-ring (bicyclic) bond motifs is 2. The summed E-state index contributed by atoms with van der Waals surface area (Å²) in [6, 6.07) is 13.3. The van der Waals surface area contributed by atoms with E-state index in [4.69, 9.17) is 21.1 Å². The molecule has 2 N–H and O–H groups in total. The van der Waals surface area contributed by atoms with E-state index in [2.05, 4.69) is 0 Å². The fourth-order valence-corrected chi connectivity index (χ4v) is 2.96. The summed E-state index contributed by atoms with van der Waals surface area (Å²) in [6.45, 7) is 3.73. The molecule has 0 heterocycles. The molecule has 0 saturated heterocycles. The minimum absolute atomic E-state index is 0.180. The van der Waals surface area contributed by atoms with E-state index in [-0.39, 0.29) is 13.2 Å². The number of hydrogen-bond donors (Lipinski definition) is 2. The SMILES string of the molecule is CC(O)COc1c2ccccc2c(OCC(C)O)c2cc(Cl)ccc12. The molecule has 4 nitrogen and oxygen atoms in total. The molecule has 132 valence electrons. The highest BCUT2D eigenvalue weighted by Gasteiger charge is 2.17. The number of ether oxygens (including phenoxy) is 2. The quantitative estimate of drug-likeness (QED) is 0.648. The molecule has 0 aromatic heterocycles. The minimum Gasteiger partial charge on any atom is -0.490 e. The maximum absolute atomic E-state index is 9.61. The van der Waals surface area contributed by atoms with E-state index < -0.39 is 12.2 Å². The molecule has 0 radical (unpaired) electrons. The molecule has 0 fully saturated rings. The van der Waals surface area contributed by atoms with E-state index in [0.29, 0.717) is 16.5 Å². The van der Waals surface area contributed by atoms with Crippen molar-refractivity contribution in [2.45, 2.75) is 26.1 Å². The van der Waals surface area contributed by atoms with Crippen LogP contribution in [0.1, 0.15) is 13.8 Å². The fraction of sp³-hybridized carbons (Fsp3) is 0.300. The average molecular weight is 361 g/mol. The Morgan fingerprint density at radius 2 is 1.28 bits per heavy atom. The Labute approximate surface area is 151 Å². The number of aliphatic hydroxyl groups excluding tert-OH is 2. The first kappa shape index (κ1) is 17.8. The molecule has 0 bridgehead atoms. The fourth-order valence-electron chi connectivity index (χ4n) is 2.79. The Morgan fingerprint density at radius 1 is 0.800 bits per heavy atom. The Morgan fingerprint density at radius 3 is 1.80 bits per heavy atom. The molecule has 0 amide bonds. The monoisotopic (exact) mass is 360 g/mol. The zero-order valence-electron chi connectivity index (χ0n) is 14.2. The first-order valence-electron chi connectivity index (χ1n) is 8.23. The van der Waals surface area contributed by atoms with Crippen molar-refractivity contribution < 1.29 is 19.7 Å². The number of aliphatic hydroxyl groups is 2. The number of halogens is 1. The van der Waals surface area contributed by atoms with Crippen molar-refractivity contribution in [2.75, 3.05) is 13.2 Å². The Bertz CT molecular complexity index is 890. The van der Waals surface area contributed by atoms with Gasteiger partial charge >= 0.3 is 0 Å². The van der Waals surface area contributed by atoms with Gasteiger partial charge in [0.2, 0.25) is 0 Å². The van der Waals surface area contributed by atoms with Crippen LogP contribution in [0.25, 0.3) is 21.5 Å². The van der Waals surface area contributed by atoms with Gasteiger partial charge in [-0.1, -0.05) is 35.9 Å². The second-order valence-corrected chi connectivity index (χ2v) is 6.65. The average Bonchev–Trinajstić information content (AvgIpc) is 2.57. The predicted octanol–water partition coefficient (Wildman–Crippen LogP) is 4.17. The van der Waals surface area contributed by atoms with Crippen LogP contribution in [-0.2, 0) is 0 Å². The van der Waals surface area contributed by atoms with Crippen LogP contribution in [0.5, 0.6) is 11.5 Å². The molecule has 2 atom stereocenters. The smallest absolute Gasteiger partial charge is 0.135 e. The maximum atomic E-state index is 9.61. The van der Waals surface area contributed by atoms with Crippen LogP contribution >= 0.6 is 11.6 Å². The first-order valence-corrected chi connectivity index (χ1v) is 8.61. The highest BCUT2D eigenvalue weighted by Crippen LogP contribution is 2.43. The standard InChI is InChI=1S/C20H21ClO4/c1-12(22)10-24-19-15-5-3-4-6-16(15)20(25-11-13(2)23)18-9-14(21)7-8-17(18)19/h3-9,12-13,22-23H,10-11H2,1-2H3. The van der Waals surface area contributed by atoms with E-state index in [1.54, 1.807) is 19.9 Å². The van der Waals surface area contributed by atoms with E-state index in [0.717, 1.165) is 21.5 Å². The van der Waals surface area contributed by atoms with Crippen molar-refractivity contribution >= 4 is 33.1 Å². The maximum Gasteiger partial charge on any atom is 0.135 e. The molecule has 0 aliphatic heterocycles. The minimum atomic E-state index is -0.584. The molecule has 0 aliphatic rings. The molecule has 3 rings (SSSR count). The molecule has 3 aromatic carbocycles. The van der Waals surface area contributed by atoms with Crippen molar-refractivity contribution in [1.29, 1.82) is 0 Å². The number of rotatable bonds is 6. The third kappa shape index (κ3) is 3.82. The van der Waals surface area contributed by atoms with Crippen molar-refractivity contribution in [3.05, 3.63) is 47.5 Å². The molecule has 0 saturated carbocycles. The topological polar surface area (TPSA) is 58.9 Å². The van der Waals surface area contributed by atoms with Gasteiger partial charge in [-0.05, 0) is 32.0 Å². The highest BCUT2D eigenvalue weighted by atomic mass is 35.5. The van der Waals surface area contributed by atoms with Gasteiger partial charge in [-0.15, -0.1) is 0 Å². The van der Waals surface area contributed by atoms with Gasteiger partial charge in [0.1, 0.15) is 24.7 Å². The Kier molecular flexibility index (Phi) is 5.33. The summed E-state index contributed by atoms with van der Waals surface area (Å²) in [4.78, 5) is 0. The number of hydrogen-bond acceptors (Lipinski definition) is 4. The Hall–Kier alpha value is -2.01. The molecular formula is C20H21ClO4. The predicted molar refractivity (Wildman–Crippen MR) is 101 cm³/mol. The van der Waals surface area contributed by atoms with Crippen LogP contribution in [-0.4, -0.2) is 35.6 Å².